The van der Waals surface area contributed by atoms with Crippen LogP contribution in [0.2, 0.25) is 0 Å². The Hall–Kier alpha value is -0.890. The molecule has 1 aliphatic rings. The van der Waals surface area contributed by atoms with Crippen LogP contribution in [0.5, 0.6) is 0 Å². The summed E-state index contributed by atoms with van der Waals surface area (Å²) in [7, 11) is 0. The molecule has 1 aliphatic carbocycles. The van der Waals surface area contributed by atoms with Gasteiger partial charge in [-0.15, -0.1) is 0 Å². The Labute approximate surface area is 96.9 Å². The zero-order valence-electron chi connectivity index (χ0n) is 10.3. The van der Waals surface area contributed by atoms with E-state index in [2.05, 4.69) is 13.0 Å². The Morgan fingerprint density at radius 1 is 1.25 bits per heavy atom. The number of rotatable bonds is 1. The van der Waals surface area contributed by atoms with Gasteiger partial charge in [0.2, 0.25) is 0 Å². The molecule has 1 nitrogen and oxygen atoms in total. The topological polar surface area (TPSA) is 26.0 Å². The minimum absolute atomic E-state index is 0.0524. The van der Waals surface area contributed by atoms with E-state index in [0.717, 1.165) is 29.5 Å². The maximum absolute atomic E-state index is 14.0. The molecular weight excluding hydrogens is 201 g/mol. The maximum Gasteiger partial charge on any atom is 0.127 e. The van der Waals surface area contributed by atoms with Crippen LogP contribution in [-0.2, 0) is 0 Å². The Morgan fingerprint density at radius 3 is 2.44 bits per heavy atom. The third-order valence-corrected chi connectivity index (χ3v) is 3.97. The number of hydrogen-bond donors (Lipinski definition) is 1. The van der Waals surface area contributed by atoms with E-state index in [1.807, 2.05) is 13.8 Å². The lowest BCUT2D eigenvalue weighted by Crippen LogP contribution is -2.25. The van der Waals surface area contributed by atoms with Gasteiger partial charge in [-0.1, -0.05) is 13.0 Å². The quantitative estimate of drug-likeness (QED) is 0.773. The average molecular weight is 221 g/mol. The fourth-order valence-electron chi connectivity index (χ4n) is 3.00. The van der Waals surface area contributed by atoms with E-state index < -0.39 is 0 Å². The molecule has 1 fully saturated rings. The highest BCUT2D eigenvalue weighted by atomic mass is 19.1. The predicted octanol–water partition coefficient (Wildman–Crippen LogP) is 3.28. The second kappa shape index (κ2) is 4.17. The van der Waals surface area contributed by atoms with Crippen molar-refractivity contribution in [1.82, 2.24) is 0 Å². The molecule has 2 heteroatoms. The lowest BCUT2D eigenvalue weighted by Gasteiger charge is -2.21. The van der Waals surface area contributed by atoms with Crippen molar-refractivity contribution < 1.29 is 4.39 Å². The molecular formula is C14H20FN. The fraction of sp³-hybridized carbons (Fsp3) is 0.571. The number of aryl methyl sites for hydroxylation is 2. The summed E-state index contributed by atoms with van der Waals surface area (Å²) < 4.78 is 14.0. The van der Waals surface area contributed by atoms with Gasteiger partial charge in [-0.2, -0.15) is 0 Å². The molecule has 0 aliphatic heterocycles. The first-order chi connectivity index (χ1) is 7.50. The van der Waals surface area contributed by atoms with Crippen molar-refractivity contribution in [3.63, 3.8) is 0 Å². The van der Waals surface area contributed by atoms with E-state index in [4.69, 9.17) is 5.73 Å². The summed E-state index contributed by atoms with van der Waals surface area (Å²) in [4.78, 5) is 0. The van der Waals surface area contributed by atoms with E-state index in [0.29, 0.717) is 11.8 Å². The molecule has 0 radical (unpaired) electrons. The lowest BCUT2D eigenvalue weighted by molar-refractivity contribution is 0.461. The van der Waals surface area contributed by atoms with Crippen molar-refractivity contribution in [3.8, 4) is 0 Å². The van der Waals surface area contributed by atoms with Crippen LogP contribution in [0, 0.1) is 25.6 Å². The first-order valence-corrected chi connectivity index (χ1v) is 6.03. The molecule has 0 spiro atoms. The van der Waals surface area contributed by atoms with E-state index >= 15 is 0 Å². The van der Waals surface area contributed by atoms with Crippen LogP contribution >= 0.6 is 0 Å². The molecule has 2 N–H and O–H groups in total. The fourth-order valence-corrected chi connectivity index (χ4v) is 3.00. The van der Waals surface area contributed by atoms with Crippen molar-refractivity contribution in [1.29, 1.82) is 0 Å². The Bertz CT molecular complexity index is 377. The molecule has 16 heavy (non-hydrogen) atoms. The zero-order valence-corrected chi connectivity index (χ0v) is 10.3. The first kappa shape index (κ1) is 11.6. The van der Waals surface area contributed by atoms with Crippen LogP contribution in [0.25, 0.3) is 0 Å². The highest BCUT2D eigenvalue weighted by Crippen LogP contribution is 2.41. The number of benzene rings is 1. The van der Waals surface area contributed by atoms with Gasteiger partial charge in [0.15, 0.2) is 0 Å². The minimum Gasteiger partial charge on any atom is -0.327 e. The SMILES string of the molecule is Cc1cc(C)c(C2CCC(N)C2C)c(F)c1. The van der Waals surface area contributed by atoms with Crippen LogP contribution in [-0.4, -0.2) is 6.04 Å². The molecule has 1 aromatic rings. The van der Waals surface area contributed by atoms with Crippen molar-refractivity contribution >= 4 is 0 Å². The predicted molar refractivity (Wildman–Crippen MR) is 65.0 cm³/mol. The van der Waals surface area contributed by atoms with Crippen LogP contribution in [0.4, 0.5) is 4.39 Å². The van der Waals surface area contributed by atoms with Gasteiger partial charge in [0.25, 0.3) is 0 Å². The number of nitrogens with two attached hydrogens (primary N) is 1. The van der Waals surface area contributed by atoms with Crippen molar-refractivity contribution in [2.45, 2.75) is 45.6 Å². The molecule has 0 bridgehead atoms. The van der Waals surface area contributed by atoms with Gasteiger partial charge in [-0.25, -0.2) is 4.39 Å². The van der Waals surface area contributed by atoms with Gasteiger partial charge >= 0.3 is 0 Å². The van der Waals surface area contributed by atoms with E-state index in [9.17, 15) is 4.39 Å². The van der Waals surface area contributed by atoms with E-state index in [1.165, 1.54) is 0 Å². The Morgan fingerprint density at radius 2 is 1.94 bits per heavy atom. The van der Waals surface area contributed by atoms with Crippen molar-refractivity contribution in [3.05, 3.63) is 34.6 Å². The summed E-state index contributed by atoms with van der Waals surface area (Å²) in [5.74, 6) is 0.634. The van der Waals surface area contributed by atoms with Crippen LogP contribution in [0.15, 0.2) is 12.1 Å². The monoisotopic (exact) mass is 221 g/mol. The Kier molecular flexibility index (Phi) is 3.02. The third-order valence-electron chi connectivity index (χ3n) is 3.97. The molecule has 2 rings (SSSR count). The standard InChI is InChI=1S/C14H20FN/c1-8-6-9(2)14(12(15)7-8)11-4-5-13(16)10(11)3/h6-7,10-11,13H,4-5,16H2,1-3H3. The molecule has 3 atom stereocenters. The van der Waals surface area contributed by atoms with E-state index in [1.54, 1.807) is 6.07 Å². The second-order valence-corrected chi connectivity index (χ2v) is 5.18. The van der Waals surface area contributed by atoms with E-state index in [-0.39, 0.29) is 11.9 Å². The largest absolute Gasteiger partial charge is 0.327 e. The highest BCUT2D eigenvalue weighted by molar-refractivity contribution is 5.35. The van der Waals surface area contributed by atoms with Gasteiger partial charge in [0.05, 0.1) is 0 Å². The minimum atomic E-state index is -0.0524. The van der Waals surface area contributed by atoms with Gasteiger partial charge in [-0.05, 0) is 61.3 Å². The van der Waals surface area contributed by atoms with Gasteiger partial charge in [-0.3, -0.25) is 0 Å². The molecule has 0 heterocycles. The molecule has 88 valence electrons. The van der Waals surface area contributed by atoms with Crippen LogP contribution in [0.1, 0.15) is 42.4 Å². The normalized spacial score (nSPS) is 29.7. The summed E-state index contributed by atoms with van der Waals surface area (Å²) in [6.07, 6.45) is 2.03. The highest BCUT2D eigenvalue weighted by Gasteiger charge is 2.33. The van der Waals surface area contributed by atoms with Crippen molar-refractivity contribution in [2.24, 2.45) is 11.7 Å². The number of halogens is 1. The molecule has 1 aromatic carbocycles. The van der Waals surface area contributed by atoms with Crippen molar-refractivity contribution in [2.75, 3.05) is 0 Å². The molecule has 0 saturated heterocycles. The smallest absolute Gasteiger partial charge is 0.127 e. The third kappa shape index (κ3) is 1.86. The first-order valence-electron chi connectivity index (χ1n) is 6.03. The summed E-state index contributed by atoms with van der Waals surface area (Å²) in [6, 6.07) is 3.93. The van der Waals surface area contributed by atoms with Crippen LogP contribution < -0.4 is 5.73 Å². The molecule has 3 unspecified atom stereocenters. The molecule has 0 amide bonds. The zero-order chi connectivity index (χ0) is 11.9. The van der Waals surface area contributed by atoms with Gasteiger partial charge < -0.3 is 5.73 Å². The maximum atomic E-state index is 14.0. The van der Waals surface area contributed by atoms with Crippen LogP contribution in [0.3, 0.4) is 0 Å². The summed E-state index contributed by atoms with van der Waals surface area (Å²) in [5, 5.41) is 0. The summed E-state index contributed by atoms with van der Waals surface area (Å²) >= 11 is 0. The Balaban J connectivity index is 2.41. The second-order valence-electron chi connectivity index (χ2n) is 5.18. The molecule has 1 saturated carbocycles. The molecule has 0 aromatic heterocycles. The van der Waals surface area contributed by atoms with Gasteiger partial charge in [0.1, 0.15) is 5.82 Å². The van der Waals surface area contributed by atoms with Gasteiger partial charge in [0, 0.05) is 6.04 Å². The number of hydrogen-bond acceptors (Lipinski definition) is 1. The summed E-state index contributed by atoms with van der Waals surface area (Å²) in [6.45, 7) is 6.08. The summed E-state index contributed by atoms with van der Waals surface area (Å²) in [5.41, 5.74) is 8.97. The lowest BCUT2D eigenvalue weighted by atomic mass is 9.85. The average Bonchev–Trinajstić information content (AvgIpc) is 2.48.